The molecule has 0 aliphatic rings. The smallest absolute Gasteiger partial charge is 0.315 e. The van der Waals surface area contributed by atoms with Gasteiger partial charge in [0.1, 0.15) is 6.33 Å². The highest BCUT2D eigenvalue weighted by molar-refractivity contribution is 5.74. The van der Waals surface area contributed by atoms with Crippen molar-refractivity contribution < 1.29 is 19.8 Å². The number of urea groups is 1. The maximum atomic E-state index is 11.7. The van der Waals surface area contributed by atoms with Crippen LogP contribution in [-0.2, 0) is 11.8 Å². The fraction of sp³-hybridized carbons (Fsp3) is 0.636. The van der Waals surface area contributed by atoms with Crippen LogP contribution in [0.25, 0.3) is 0 Å². The minimum absolute atomic E-state index is 0.170. The molecule has 2 amide bonds. The summed E-state index contributed by atoms with van der Waals surface area (Å²) in [6.45, 7) is 2.91. The fourth-order valence-electron chi connectivity index (χ4n) is 1.66. The summed E-state index contributed by atoms with van der Waals surface area (Å²) in [5.74, 6) is -0.554. The molecule has 0 spiro atoms. The molecule has 0 saturated carbocycles. The molecule has 1 heterocycles. The Morgan fingerprint density at radius 2 is 2.20 bits per heavy atom. The molecule has 2 atom stereocenters. The number of carbonyl (C=O) groups excluding carboxylic acids is 1. The zero-order valence-corrected chi connectivity index (χ0v) is 11.6. The number of carboxylic acids is 1. The number of amides is 2. The number of aliphatic hydroxyl groups is 1. The number of hydrogen-bond acceptors (Lipinski definition) is 5. The van der Waals surface area contributed by atoms with Gasteiger partial charge < -0.3 is 25.4 Å². The average Bonchev–Trinajstić information content (AvgIpc) is 2.71. The van der Waals surface area contributed by atoms with Crippen molar-refractivity contribution in [1.82, 2.24) is 25.4 Å². The van der Waals surface area contributed by atoms with E-state index >= 15 is 0 Å². The number of carbonyl (C=O) groups is 2. The van der Waals surface area contributed by atoms with Gasteiger partial charge in [-0.1, -0.05) is 0 Å². The first-order valence-corrected chi connectivity index (χ1v) is 6.04. The van der Waals surface area contributed by atoms with E-state index in [9.17, 15) is 14.7 Å². The first-order chi connectivity index (χ1) is 9.21. The third-order valence-corrected chi connectivity index (χ3v) is 2.64. The number of aromatic nitrogens is 3. The summed E-state index contributed by atoms with van der Waals surface area (Å²) in [5, 5.41) is 31.0. The van der Waals surface area contributed by atoms with E-state index in [1.165, 1.54) is 13.3 Å². The number of aliphatic carboxylic acids is 1. The second kappa shape index (κ2) is 6.33. The van der Waals surface area contributed by atoms with E-state index in [0.717, 1.165) is 0 Å². The van der Waals surface area contributed by atoms with Crippen LogP contribution in [0.4, 0.5) is 4.79 Å². The summed E-state index contributed by atoms with van der Waals surface area (Å²) in [4.78, 5) is 22.2. The molecule has 1 aromatic heterocycles. The lowest BCUT2D eigenvalue weighted by molar-refractivity contribution is -0.141. The molecule has 9 nitrogen and oxygen atoms in total. The number of rotatable bonds is 6. The zero-order valence-electron chi connectivity index (χ0n) is 11.6. The molecular formula is C11H19N5O4. The number of aryl methyl sites for hydroxylation is 1. The number of nitrogens with one attached hydrogen (secondary N) is 2. The van der Waals surface area contributed by atoms with Gasteiger partial charge in [0, 0.05) is 13.6 Å². The van der Waals surface area contributed by atoms with Gasteiger partial charge in [-0.25, -0.2) is 4.79 Å². The summed E-state index contributed by atoms with van der Waals surface area (Å²) in [6.07, 6.45) is 1.06. The molecule has 9 heteroatoms. The Balaban J connectivity index is 2.44. The Morgan fingerprint density at radius 1 is 1.55 bits per heavy atom. The van der Waals surface area contributed by atoms with Gasteiger partial charge in [0.15, 0.2) is 5.82 Å². The molecule has 20 heavy (non-hydrogen) atoms. The molecule has 0 aromatic carbocycles. The minimum Gasteiger partial charge on any atom is -0.481 e. The predicted molar refractivity (Wildman–Crippen MR) is 68.8 cm³/mol. The average molecular weight is 285 g/mol. The van der Waals surface area contributed by atoms with Crippen molar-refractivity contribution in [2.75, 3.05) is 6.54 Å². The normalized spacial score (nSPS) is 15.2. The van der Waals surface area contributed by atoms with Crippen LogP contribution in [0.1, 0.15) is 32.1 Å². The lowest BCUT2D eigenvalue weighted by Gasteiger charge is -2.22. The summed E-state index contributed by atoms with van der Waals surface area (Å²) in [5.41, 5.74) is -1.50. The van der Waals surface area contributed by atoms with E-state index in [0.29, 0.717) is 5.82 Å². The standard InChI is InChI=1S/C11H19N5O4/c1-7(9-15-13-6-16(9)3)14-10(19)12-5-11(2,20)4-8(17)18/h6-7,20H,4-5H2,1-3H3,(H,17,18)(H2,12,14,19). The second-order valence-electron chi connectivity index (χ2n) is 4.92. The van der Waals surface area contributed by atoms with Gasteiger partial charge in [-0.2, -0.15) is 0 Å². The van der Waals surface area contributed by atoms with Gasteiger partial charge in [-0.05, 0) is 13.8 Å². The van der Waals surface area contributed by atoms with E-state index in [4.69, 9.17) is 5.11 Å². The van der Waals surface area contributed by atoms with Crippen LogP contribution in [0, 0.1) is 0 Å². The molecule has 0 aliphatic carbocycles. The van der Waals surface area contributed by atoms with E-state index in [2.05, 4.69) is 20.8 Å². The quantitative estimate of drug-likeness (QED) is 0.552. The van der Waals surface area contributed by atoms with Gasteiger partial charge in [0.05, 0.1) is 18.1 Å². The highest BCUT2D eigenvalue weighted by atomic mass is 16.4. The van der Waals surface area contributed by atoms with Crippen LogP contribution >= 0.6 is 0 Å². The molecule has 2 unspecified atom stereocenters. The van der Waals surface area contributed by atoms with Crippen LogP contribution in [0.5, 0.6) is 0 Å². The molecule has 1 rings (SSSR count). The molecular weight excluding hydrogens is 266 g/mol. The lowest BCUT2D eigenvalue weighted by atomic mass is 10.0. The van der Waals surface area contributed by atoms with Crippen LogP contribution in [0.15, 0.2) is 6.33 Å². The SMILES string of the molecule is CC(NC(=O)NCC(C)(O)CC(=O)O)c1nncn1C. The van der Waals surface area contributed by atoms with Gasteiger partial charge in [0.25, 0.3) is 0 Å². The largest absolute Gasteiger partial charge is 0.481 e. The molecule has 0 bridgehead atoms. The fourth-order valence-corrected chi connectivity index (χ4v) is 1.66. The zero-order chi connectivity index (χ0) is 15.3. The molecule has 112 valence electrons. The lowest BCUT2D eigenvalue weighted by Crippen LogP contribution is -2.46. The van der Waals surface area contributed by atoms with Crippen molar-refractivity contribution in [1.29, 1.82) is 0 Å². The molecule has 1 aromatic rings. The molecule has 0 fully saturated rings. The van der Waals surface area contributed by atoms with Gasteiger partial charge in [-0.15, -0.1) is 10.2 Å². The summed E-state index contributed by atoms with van der Waals surface area (Å²) < 4.78 is 1.67. The number of nitrogens with zero attached hydrogens (tertiary/aromatic N) is 3. The van der Waals surface area contributed by atoms with Crippen molar-refractivity contribution in [2.45, 2.75) is 31.9 Å². The maximum absolute atomic E-state index is 11.7. The van der Waals surface area contributed by atoms with Gasteiger partial charge in [0.2, 0.25) is 0 Å². The Morgan fingerprint density at radius 3 is 2.70 bits per heavy atom. The van der Waals surface area contributed by atoms with E-state index in [1.54, 1.807) is 18.5 Å². The third-order valence-electron chi connectivity index (χ3n) is 2.64. The van der Waals surface area contributed by atoms with Gasteiger partial charge in [-0.3, -0.25) is 4.79 Å². The Labute approximate surface area is 116 Å². The van der Waals surface area contributed by atoms with Crippen molar-refractivity contribution in [2.24, 2.45) is 7.05 Å². The Bertz CT molecular complexity index is 485. The minimum atomic E-state index is -1.50. The van der Waals surface area contributed by atoms with E-state index in [1.807, 2.05) is 0 Å². The molecule has 4 N–H and O–H groups in total. The van der Waals surface area contributed by atoms with Crippen LogP contribution in [0.3, 0.4) is 0 Å². The first kappa shape index (κ1) is 15.9. The van der Waals surface area contributed by atoms with Crippen LogP contribution in [-0.4, -0.2) is 49.1 Å². The van der Waals surface area contributed by atoms with Crippen LogP contribution < -0.4 is 10.6 Å². The maximum Gasteiger partial charge on any atom is 0.315 e. The van der Waals surface area contributed by atoms with Crippen molar-refractivity contribution >= 4 is 12.0 Å². The summed E-state index contributed by atoms with van der Waals surface area (Å²) in [7, 11) is 1.75. The first-order valence-electron chi connectivity index (χ1n) is 6.04. The summed E-state index contributed by atoms with van der Waals surface area (Å²) >= 11 is 0. The summed E-state index contributed by atoms with van der Waals surface area (Å²) in [6, 6.07) is -0.891. The molecule has 0 saturated heterocycles. The Kier molecular flexibility index (Phi) is 5.03. The molecule has 0 radical (unpaired) electrons. The van der Waals surface area contributed by atoms with Crippen molar-refractivity contribution in [3.8, 4) is 0 Å². The monoisotopic (exact) mass is 285 g/mol. The topological polar surface area (TPSA) is 129 Å². The van der Waals surface area contributed by atoms with Gasteiger partial charge >= 0.3 is 12.0 Å². The number of hydrogen-bond donors (Lipinski definition) is 4. The number of carboxylic acid groups (broad SMARTS) is 1. The van der Waals surface area contributed by atoms with E-state index in [-0.39, 0.29) is 12.6 Å². The van der Waals surface area contributed by atoms with Crippen molar-refractivity contribution in [3.05, 3.63) is 12.2 Å². The third kappa shape index (κ3) is 4.84. The highest BCUT2D eigenvalue weighted by Gasteiger charge is 2.25. The Hall–Kier alpha value is -2.16. The highest BCUT2D eigenvalue weighted by Crippen LogP contribution is 2.08. The predicted octanol–water partition coefficient (Wildman–Crippen LogP) is -0.599. The molecule has 0 aliphatic heterocycles. The van der Waals surface area contributed by atoms with Crippen LogP contribution in [0.2, 0.25) is 0 Å². The second-order valence-corrected chi connectivity index (χ2v) is 4.92. The van der Waals surface area contributed by atoms with Crippen molar-refractivity contribution in [3.63, 3.8) is 0 Å². The van der Waals surface area contributed by atoms with E-state index < -0.39 is 24.0 Å².